The van der Waals surface area contributed by atoms with Gasteiger partial charge >= 0.3 is 0 Å². The number of hydrogen-bond donors (Lipinski definition) is 2. The standard InChI is InChI=1S/C27H29Cl2N9O2/c1-37-6-8-38(9-7-37)14-17-4-5-31-22(10-17)35-23-11-19(32-16-33-23)18-13-30-15-34-27(18)36-26-24(28)20(39-2)12-21(40-3)25(26)29/h4-5,10-13,15-16H,6-9,14H2,1-3H3,(H,30,34,36)(H,31,32,33,35). The van der Waals surface area contributed by atoms with Crippen LogP contribution in [0, 0.1) is 0 Å². The molecule has 0 saturated carbocycles. The minimum Gasteiger partial charge on any atom is -0.495 e. The second kappa shape index (κ2) is 12.6. The maximum atomic E-state index is 6.57. The highest BCUT2D eigenvalue weighted by atomic mass is 35.5. The molecule has 0 bridgehead atoms. The summed E-state index contributed by atoms with van der Waals surface area (Å²) < 4.78 is 10.8. The van der Waals surface area contributed by atoms with Crippen molar-refractivity contribution < 1.29 is 9.47 Å². The van der Waals surface area contributed by atoms with E-state index in [0.29, 0.717) is 45.9 Å². The minimum absolute atomic E-state index is 0.283. The molecule has 0 atom stereocenters. The number of methoxy groups -OCH3 is 2. The van der Waals surface area contributed by atoms with Gasteiger partial charge in [0, 0.05) is 57.3 Å². The van der Waals surface area contributed by atoms with Crippen molar-refractivity contribution in [2.24, 2.45) is 0 Å². The molecule has 1 aliphatic rings. The molecule has 5 rings (SSSR count). The zero-order valence-electron chi connectivity index (χ0n) is 22.4. The lowest BCUT2D eigenvalue weighted by Gasteiger charge is -2.32. The third-order valence-electron chi connectivity index (χ3n) is 6.55. The number of anilines is 4. The van der Waals surface area contributed by atoms with Crippen LogP contribution in [0.4, 0.5) is 23.1 Å². The zero-order chi connectivity index (χ0) is 28.1. The third-order valence-corrected chi connectivity index (χ3v) is 7.31. The number of nitrogens with zero attached hydrogens (tertiary/aromatic N) is 7. The summed E-state index contributed by atoms with van der Waals surface area (Å²) in [5.74, 6) is 2.50. The molecule has 0 spiro atoms. The minimum atomic E-state index is 0.283. The first-order chi connectivity index (χ1) is 19.4. The number of rotatable bonds is 9. The number of ether oxygens (including phenoxy) is 2. The first kappa shape index (κ1) is 27.8. The van der Waals surface area contributed by atoms with Crippen LogP contribution in [-0.2, 0) is 6.54 Å². The number of aromatic nitrogens is 5. The highest BCUT2D eigenvalue weighted by Crippen LogP contribution is 2.45. The number of nitrogens with one attached hydrogen (secondary N) is 2. The third kappa shape index (κ3) is 6.34. The van der Waals surface area contributed by atoms with Crippen molar-refractivity contribution in [2.45, 2.75) is 6.54 Å². The van der Waals surface area contributed by atoms with Crippen LogP contribution in [0.2, 0.25) is 10.0 Å². The van der Waals surface area contributed by atoms with Gasteiger partial charge in [0.15, 0.2) is 0 Å². The monoisotopic (exact) mass is 581 g/mol. The molecule has 1 aliphatic heterocycles. The summed E-state index contributed by atoms with van der Waals surface area (Å²) in [6.45, 7) is 5.11. The van der Waals surface area contributed by atoms with Crippen LogP contribution in [0.1, 0.15) is 5.56 Å². The molecule has 1 aromatic carbocycles. The summed E-state index contributed by atoms with van der Waals surface area (Å²) in [6.07, 6.45) is 6.34. The summed E-state index contributed by atoms with van der Waals surface area (Å²) in [5.41, 5.74) is 2.75. The lowest BCUT2D eigenvalue weighted by atomic mass is 10.2. The fourth-order valence-corrected chi connectivity index (χ4v) is 4.94. The average molecular weight is 582 g/mol. The van der Waals surface area contributed by atoms with E-state index in [-0.39, 0.29) is 10.0 Å². The van der Waals surface area contributed by atoms with Gasteiger partial charge in [-0.15, -0.1) is 0 Å². The number of likely N-dealkylation sites (N-methyl/N-ethyl adjacent to an activating group) is 1. The topological polar surface area (TPSA) is 113 Å². The molecule has 2 N–H and O–H groups in total. The summed E-state index contributed by atoms with van der Waals surface area (Å²) in [6, 6.07) is 7.50. The number of pyridine rings is 1. The Hall–Kier alpha value is -3.77. The van der Waals surface area contributed by atoms with Crippen molar-refractivity contribution in [1.82, 2.24) is 34.7 Å². The van der Waals surface area contributed by atoms with E-state index < -0.39 is 0 Å². The smallest absolute Gasteiger partial charge is 0.143 e. The van der Waals surface area contributed by atoms with E-state index in [1.165, 1.54) is 32.4 Å². The molecule has 1 saturated heterocycles. The highest BCUT2D eigenvalue weighted by Gasteiger charge is 2.20. The van der Waals surface area contributed by atoms with Crippen LogP contribution in [0.25, 0.3) is 11.3 Å². The number of halogens is 2. The average Bonchev–Trinajstić information content (AvgIpc) is 2.97. The van der Waals surface area contributed by atoms with Crippen LogP contribution in [0.3, 0.4) is 0 Å². The highest BCUT2D eigenvalue weighted by molar-refractivity contribution is 6.41. The molecule has 208 valence electrons. The molecule has 3 aromatic heterocycles. The van der Waals surface area contributed by atoms with Crippen molar-refractivity contribution in [1.29, 1.82) is 0 Å². The number of benzene rings is 1. The maximum absolute atomic E-state index is 6.57. The van der Waals surface area contributed by atoms with Gasteiger partial charge < -0.3 is 25.0 Å². The molecule has 4 aromatic rings. The predicted molar refractivity (Wildman–Crippen MR) is 156 cm³/mol. The van der Waals surface area contributed by atoms with Crippen LogP contribution in [-0.4, -0.2) is 82.2 Å². The normalized spacial score (nSPS) is 14.1. The van der Waals surface area contributed by atoms with Crippen LogP contribution >= 0.6 is 23.2 Å². The lowest BCUT2D eigenvalue weighted by molar-refractivity contribution is 0.148. The Morgan fingerprint density at radius 3 is 2.30 bits per heavy atom. The van der Waals surface area contributed by atoms with E-state index in [1.807, 2.05) is 12.1 Å². The molecule has 0 amide bonds. The van der Waals surface area contributed by atoms with Crippen LogP contribution < -0.4 is 20.1 Å². The van der Waals surface area contributed by atoms with Crippen LogP contribution in [0.5, 0.6) is 11.5 Å². The molecule has 0 radical (unpaired) electrons. The molecule has 0 aliphatic carbocycles. The van der Waals surface area contributed by atoms with Gasteiger partial charge in [-0.3, -0.25) is 4.90 Å². The first-order valence-electron chi connectivity index (χ1n) is 12.6. The quantitative estimate of drug-likeness (QED) is 0.281. The van der Waals surface area contributed by atoms with E-state index in [4.69, 9.17) is 32.7 Å². The van der Waals surface area contributed by atoms with Gasteiger partial charge in [0.2, 0.25) is 0 Å². The van der Waals surface area contributed by atoms with E-state index in [9.17, 15) is 0 Å². The molecular weight excluding hydrogens is 553 g/mol. The van der Waals surface area contributed by atoms with Gasteiger partial charge in [-0.25, -0.2) is 24.9 Å². The van der Waals surface area contributed by atoms with Gasteiger partial charge in [0.25, 0.3) is 0 Å². The van der Waals surface area contributed by atoms with Gasteiger partial charge in [0.05, 0.1) is 31.2 Å². The Bertz CT molecular complexity index is 1450. The molecule has 40 heavy (non-hydrogen) atoms. The SMILES string of the molecule is COc1cc(OC)c(Cl)c(Nc2ncncc2-c2cc(Nc3cc(CN4CCN(C)CC4)ccn3)ncn2)c1Cl. The van der Waals surface area contributed by atoms with Crippen molar-refractivity contribution in [3.63, 3.8) is 0 Å². The number of piperazine rings is 1. The maximum Gasteiger partial charge on any atom is 0.143 e. The molecule has 13 heteroatoms. The Morgan fingerprint density at radius 2 is 1.57 bits per heavy atom. The summed E-state index contributed by atoms with van der Waals surface area (Å²) >= 11 is 13.1. The second-order valence-corrected chi connectivity index (χ2v) is 9.99. The lowest BCUT2D eigenvalue weighted by Crippen LogP contribution is -2.43. The Morgan fingerprint density at radius 1 is 0.850 bits per heavy atom. The summed E-state index contributed by atoms with van der Waals surface area (Å²) in [5, 5.41) is 7.06. The van der Waals surface area contributed by atoms with E-state index >= 15 is 0 Å². The summed E-state index contributed by atoms with van der Waals surface area (Å²) in [4.78, 5) is 26.7. The summed E-state index contributed by atoms with van der Waals surface area (Å²) in [7, 11) is 5.18. The van der Waals surface area contributed by atoms with Gasteiger partial charge in [-0.1, -0.05) is 23.2 Å². The largest absolute Gasteiger partial charge is 0.495 e. The van der Waals surface area contributed by atoms with E-state index in [1.54, 1.807) is 24.5 Å². The molecule has 11 nitrogen and oxygen atoms in total. The second-order valence-electron chi connectivity index (χ2n) is 9.24. The van der Waals surface area contributed by atoms with Crippen molar-refractivity contribution in [2.75, 3.05) is 58.1 Å². The fraction of sp³-hybridized carbons (Fsp3) is 0.296. The van der Waals surface area contributed by atoms with Gasteiger partial charge in [0.1, 0.15) is 51.7 Å². The molecular formula is C27H29Cl2N9O2. The Balaban J connectivity index is 1.38. The van der Waals surface area contributed by atoms with Crippen molar-refractivity contribution in [3.05, 3.63) is 64.9 Å². The van der Waals surface area contributed by atoms with Crippen molar-refractivity contribution in [3.8, 4) is 22.8 Å². The number of hydrogen-bond acceptors (Lipinski definition) is 11. The van der Waals surface area contributed by atoms with Gasteiger partial charge in [-0.2, -0.15) is 0 Å². The Kier molecular flexibility index (Phi) is 8.75. The van der Waals surface area contributed by atoms with E-state index in [2.05, 4.69) is 52.4 Å². The van der Waals surface area contributed by atoms with Crippen molar-refractivity contribution >= 4 is 46.3 Å². The first-order valence-corrected chi connectivity index (χ1v) is 13.3. The molecule has 1 fully saturated rings. The molecule has 4 heterocycles. The molecule has 0 unspecified atom stereocenters. The Labute approximate surface area is 242 Å². The van der Waals surface area contributed by atoms with Crippen LogP contribution in [0.15, 0.2) is 49.3 Å². The fourth-order valence-electron chi connectivity index (χ4n) is 4.34. The predicted octanol–water partition coefficient (Wildman–Crippen LogP) is 4.89. The zero-order valence-corrected chi connectivity index (χ0v) is 23.9. The van der Waals surface area contributed by atoms with Gasteiger partial charge in [-0.05, 0) is 24.7 Å². The van der Waals surface area contributed by atoms with E-state index in [0.717, 1.165) is 32.7 Å².